The summed E-state index contributed by atoms with van der Waals surface area (Å²) in [5.74, 6) is -2.21. The quantitative estimate of drug-likeness (QED) is 0.386. The second kappa shape index (κ2) is 8.13. The van der Waals surface area contributed by atoms with Crippen molar-refractivity contribution < 1.29 is 19.8 Å². The van der Waals surface area contributed by atoms with Crippen molar-refractivity contribution in [1.82, 2.24) is 9.97 Å². The van der Waals surface area contributed by atoms with Crippen LogP contribution >= 0.6 is 45.8 Å². The highest BCUT2D eigenvalue weighted by atomic mass is 127. The zero-order valence-corrected chi connectivity index (χ0v) is 14.8. The standard InChI is InChI=1S/C6H4ClIN2O2.C6H5ClN2O2/c7-3-1-2(6(11)12)4(9)5(8)10-3;7-5-1-3(6(10)11)4(8)2-9-5/h1H,9H2,(H,11,12);1-2H,8H2,(H,10,11). The van der Waals surface area contributed by atoms with Gasteiger partial charge < -0.3 is 21.7 Å². The van der Waals surface area contributed by atoms with E-state index in [1.54, 1.807) is 0 Å². The molecule has 0 aromatic carbocycles. The summed E-state index contributed by atoms with van der Waals surface area (Å²) in [7, 11) is 0. The van der Waals surface area contributed by atoms with Crippen molar-refractivity contribution in [3.05, 3.63) is 43.5 Å². The van der Waals surface area contributed by atoms with Crippen LogP contribution in [0.3, 0.4) is 0 Å². The molecule has 0 spiro atoms. The molecular weight excluding hydrogens is 462 g/mol. The molecule has 0 atom stereocenters. The summed E-state index contributed by atoms with van der Waals surface area (Å²) in [4.78, 5) is 28.3. The second-order valence-corrected chi connectivity index (χ2v) is 5.70. The number of aromatic nitrogens is 2. The fourth-order valence-corrected chi connectivity index (χ4v) is 2.34. The molecular formula is C12H9Cl2IN4O4. The van der Waals surface area contributed by atoms with Gasteiger partial charge in [-0.1, -0.05) is 23.2 Å². The van der Waals surface area contributed by atoms with Gasteiger partial charge in [0.05, 0.1) is 28.7 Å². The summed E-state index contributed by atoms with van der Waals surface area (Å²) in [6.45, 7) is 0. The number of rotatable bonds is 2. The number of carbonyl (C=O) groups is 2. The van der Waals surface area contributed by atoms with Gasteiger partial charge in [0.1, 0.15) is 14.0 Å². The highest BCUT2D eigenvalue weighted by Crippen LogP contribution is 2.21. The fraction of sp³-hybridized carbons (Fsp3) is 0. The van der Waals surface area contributed by atoms with Crippen LogP contribution in [0.15, 0.2) is 18.3 Å². The van der Waals surface area contributed by atoms with E-state index in [1.807, 2.05) is 22.6 Å². The SMILES string of the molecule is Nc1c(C(=O)O)cc(Cl)nc1I.Nc1cnc(Cl)cc1C(=O)O. The van der Waals surface area contributed by atoms with Gasteiger partial charge in [0.25, 0.3) is 0 Å². The van der Waals surface area contributed by atoms with Crippen molar-refractivity contribution in [3.63, 3.8) is 0 Å². The number of anilines is 2. The highest BCUT2D eigenvalue weighted by molar-refractivity contribution is 14.1. The largest absolute Gasteiger partial charge is 0.478 e. The van der Waals surface area contributed by atoms with E-state index < -0.39 is 11.9 Å². The lowest BCUT2D eigenvalue weighted by Gasteiger charge is -2.02. The van der Waals surface area contributed by atoms with Crippen molar-refractivity contribution in [2.75, 3.05) is 11.5 Å². The molecule has 0 bridgehead atoms. The summed E-state index contributed by atoms with van der Waals surface area (Å²) in [5.41, 5.74) is 11.0. The van der Waals surface area contributed by atoms with E-state index in [-0.39, 0.29) is 32.8 Å². The van der Waals surface area contributed by atoms with E-state index in [2.05, 4.69) is 9.97 Å². The first-order valence-electron chi connectivity index (χ1n) is 5.62. The molecule has 2 heterocycles. The van der Waals surface area contributed by atoms with E-state index in [0.717, 1.165) is 0 Å². The average Bonchev–Trinajstić information content (AvgIpc) is 2.45. The number of carboxylic acid groups (broad SMARTS) is 2. The van der Waals surface area contributed by atoms with Crippen LogP contribution in [-0.4, -0.2) is 32.1 Å². The van der Waals surface area contributed by atoms with Crippen LogP contribution in [0.2, 0.25) is 10.3 Å². The maximum atomic E-state index is 10.6. The molecule has 0 saturated carbocycles. The molecule has 122 valence electrons. The van der Waals surface area contributed by atoms with Gasteiger partial charge in [0.15, 0.2) is 0 Å². The Bertz CT molecular complexity index is 773. The molecule has 0 aliphatic heterocycles. The Morgan fingerprint density at radius 3 is 2.04 bits per heavy atom. The summed E-state index contributed by atoms with van der Waals surface area (Å²) >= 11 is 12.8. The first-order valence-corrected chi connectivity index (χ1v) is 7.46. The van der Waals surface area contributed by atoms with Crippen LogP contribution in [0.1, 0.15) is 20.7 Å². The number of nitrogens with zero attached hydrogens (tertiary/aromatic N) is 2. The van der Waals surface area contributed by atoms with E-state index >= 15 is 0 Å². The molecule has 6 N–H and O–H groups in total. The second-order valence-electron chi connectivity index (χ2n) is 3.90. The van der Waals surface area contributed by atoms with Gasteiger partial charge in [0, 0.05) is 0 Å². The molecule has 0 aliphatic rings. The maximum absolute atomic E-state index is 10.6. The minimum Gasteiger partial charge on any atom is -0.478 e. The van der Waals surface area contributed by atoms with Gasteiger partial charge in [-0.25, -0.2) is 19.6 Å². The van der Waals surface area contributed by atoms with E-state index in [0.29, 0.717) is 3.70 Å². The zero-order chi connectivity index (χ0) is 17.7. The molecule has 23 heavy (non-hydrogen) atoms. The number of aromatic carboxylic acids is 2. The number of nitrogen functional groups attached to an aromatic ring is 2. The number of nitrogens with two attached hydrogens (primary N) is 2. The lowest BCUT2D eigenvalue weighted by molar-refractivity contribution is 0.0687. The molecule has 0 radical (unpaired) electrons. The van der Waals surface area contributed by atoms with E-state index in [4.69, 9.17) is 44.9 Å². The monoisotopic (exact) mass is 470 g/mol. The van der Waals surface area contributed by atoms with Crippen LogP contribution in [0.5, 0.6) is 0 Å². The van der Waals surface area contributed by atoms with Crippen molar-refractivity contribution in [3.8, 4) is 0 Å². The molecule has 2 aromatic heterocycles. The molecule has 8 nitrogen and oxygen atoms in total. The number of hydrogen-bond donors (Lipinski definition) is 4. The van der Waals surface area contributed by atoms with Gasteiger partial charge in [-0.05, 0) is 34.7 Å². The minimum absolute atomic E-state index is 0.0144. The number of carboxylic acids is 2. The molecule has 0 amide bonds. The third-order valence-corrected chi connectivity index (χ3v) is 3.57. The van der Waals surface area contributed by atoms with Crippen LogP contribution in [0, 0.1) is 3.70 Å². The average molecular weight is 471 g/mol. The topological polar surface area (TPSA) is 152 Å². The molecule has 2 aromatic rings. The van der Waals surface area contributed by atoms with Gasteiger partial charge in [-0.3, -0.25) is 0 Å². The lowest BCUT2D eigenvalue weighted by atomic mass is 10.2. The van der Waals surface area contributed by atoms with Gasteiger partial charge in [-0.15, -0.1) is 0 Å². The number of halogens is 3. The van der Waals surface area contributed by atoms with Crippen molar-refractivity contribution >= 4 is 69.1 Å². The Morgan fingerprint density at radius 1 is 1.04 bits per heavy atom. The number of pyridine rings is 2. The minimum atomic E-state index is -1.10. The van der Waals surface area contributed by atoms with Crippen LogP contribution in [-0.2, 0) is 0 Å². The van der Waals surface area contributed by atoms with Crippen molar-refractivity contribution in [2.45, 2.75) is 0 Å². The first kappa shape index (κ1) is 19.2. The molecule has 0 unspecified atom stereocenters. The van der Waals surface area contributed by atoms with Crippen molar-refractivity contribution in [2.24, 2.45) is 0 Å². The van der Waals surface area contributed by atoms with Crippen molar-refractivity contribution in [1.29, 1.82) is 0 Å². The molecule has 11 heteroatoms. The number of hydrogen-bond acceptors (Lipinski definition) is 6. The predicted octanol–water partition coefficient (Wildman–Crippen LogP) is 2.64. The Kier molecular flexibility index (Phi) is 6.79. The summed E-state index contributed by atoms with van der Waals surface area (Å²) < 4.78 is 0.400. The Morgan fingerprint density at radius 2 is 1.57 bits per heavy atom. The summed E-state index contributed by atoms with van der Waals surface area (Å²) in [5, 5.41) is 17.4. The molecule has 0 saturated heterocycles. The smallest absolute Gasteiger partial charge is 0.338 e. The Balaban J connectivity index is 0.000000231. The van der Waals surface area contributed by atoms with Gasteiger partial charge in [0.2, 0.25) is 0 Å². The first-order chi connectivity index (χ1) is 10.6. The van der Waals surface area contributed by atoms with E-state index in [1.165, 1.54) is 18.3 Å². The van der Waals surface area contributed by atoms with Crippen LogP contribution in [0.25, 0.3) is 0 Å². The summed E-state index contributed by atoms with van der Waals surface area (Å²) in [6, 6.07) is 2.43. The van der Waals surface area contributed by atoms with E-state index in [9.17, 15) is 9.59 Å². The maximum Gasteiger partial charge on any atom is 0.338 e. The lowest BCUT2D eigenvalue weighted by Crippen LogP contribution is -2.05. The summed E-state index contributed by atoms with van der Waals surface area (Å²) in [6.07, 6.45) is 1.21. The molecule has 2 rings (SSSR count). The fourth-order valence-electron chi connectivity index (χ4n) is 1.30. The third-order valence-electron chi connectivity index (χ3n) is 2.34. The highest BCUT2D eigenvalue weighted by Gasteiger charge is 2.12. The third kappa shape index (κ3) is 5.37. The van der Waals surface area contributed by atoms with Gasteiger partial charge >= 0.3 is 11.9 Å². The predicted molar refractivity (Wildman–Crippen MR) is 94.0 cm³/mol. The van der Waals surface area contributed by atoms with Gasteiger partial charge in [-0.2, -0.15) is 0 Å². The van der Waals surface area contributed by atoms with Crippen LogP contribution < -0.4 is 11.5 Å². The van der Waals surface area contributed by atoms with Crippen LogP contribution in [0.4, 0.5) is 11.4 Å². The molecule has 0 aliphatic carbocycles. The Hall–Kier alpha value is -1.85. The zero-order valence-electron chi connectivity index (χ0n) is 11.1. The Labute approximate surface area is 153 Å². The normalized spacial score (nSPS) is 9.70. The molecule has 0 fully saturated rings.